The van der Waals surface area contributed by atoms with Crippen LogP contribution in [0.15, 0.2) is 16.7 Å². The van der Waals surface area contributed by atoms with E-state index in [9.17, 15) is 0 Å². The molecule has 0 aliphatic carbocycles. The molecule has 1 rings (SSSR count). The molecule has 1 aromatic rings. The Kier molecular flexibility index (Phi) is 4.70. The summed E-state index contributed by atoms with van der Waals surface area (Å²) >= 11 is 0. The summed E-state index contributed by atoms with van der Waals surface area (Å²) in [5, 5.41) is 3.10. The first-order valence-electron chi connectivity index (χ1n) is 5.15. The van der Waals surface area contributed by atoms with Gasteiger partial charge in [0.2, 0.25) is 0 Å². The van der Waals surface area contributed by atoms with Gasteiger partial charge in [0.05, 0.1) is 12.8 Å². The van der Waals surface area contributed by atoms with Crippen molar-refractivity contribution in [3.05, 3.63) is 23.7 Å². The van der Waals surface area contributed by atoms with Crippen molar-refractivity contribution in [2.75, 3.05) is 20.6 Å². The van der Waals surface area contributed by atoms with Crippen molar-refractivity contribution in [1.29, 1.82) is 0 Å². The zero-order valence-electron chi connectivity index (χ0n) is 9.34. The maximum Gasteiger partial charge on any atom is 0.118 e. The van der Waals surface area contributed by atoms with Crippen molar-refractivity contribution in [1.82, 2.24) is 10.2 Å². The average molecular weight is 196 g/mol. The Hall–Kier alpha value is -0.800. The van der Waals surface area contributed by atoms with E-state index in [2.05, 4.69) is 30.3 Å². The van der Waals surface area contributed by atoms with Crippen LogP contribution in [0.1, 0.15) is 24.7 Å². The van der Waals surface area contributed by atoms with Gasteiger partial charge in [-0.05, 0) is 33.1 Å². The van der Waals surface area contributed by atoms with Gasteiger partial charge in [0.25, 0.3) is 0 Å². The molecule has 0 bridgehead atoms. The zero-order chi connectivity index (χ0) is 10.4. The summed E-state index contributed by atoms with van der Waals surface area (Å²) in [5.41, 5.74) is 1.22. The van der Waals surface area contributed by atoms with Gasteiger partial charge in [-0.25, -0.2) is 0 Å². The summed E-state index contributed by atoms with van der Waals surface area (Å²) in [7, 11) is 4.06. The van der Waals surface area contributed by atoms with Gasteiger partial charge < -0.3 is 9.73 Å². The highest BCUT2D eigenvalue weighted by molar-refractivity contribution is 5.12. The van der Waals surface area contributed by atoms with Gasteiger partial charge in [-0.1, -0.05) is 6.92 Å². The molecule has 0 saturated carbocycles. The molecular formula is C11H20N2O. The molecular weight excluding hydrogens is 176 g/mol. The molecule has 0 fully saturated rings. The van der Waals surface area contributed by atoms with Gasteiger partial charge in [0, 0.05) is 12.1 Å². The molecule has 0 aliphatic heterocycles. The molecule has 0 saturated heterocycles. The summed E-state index contributed by atoms with van der Waals surface area (Å²) in [6.45, 7) is 5.08. The first kappa shape index (κ1) is 11.3. The van der Waals surface area contributed by atoms with Crippen LogP contribution in [0.25, 0.3) is 0 Å². The first-order chi connectivity index (χ1) is 6.76. The number of hydrogen-bond donors (Lipinski definition) is 1. The van der Waals surface area contributed by atoms with E-state index in [1.807, 2.05) is 13.3 Å². The van der Waals surface area contributed by atoms with Crippen LogP contribution in [0, 0.1) is 0 Å². The smallest absolute Gasteiger partial charge is 0.118 e. The fourth-order valence-electron chi connectivity index (χ4n) is 1.53. The van der Waals surface area contributed by atoms with Crippen LogP contribution in [0.2, 0.25) is 0 Å². The second-order valence-electron chi connectivity index (χ2n) is 3.69. The van der Waals surface area contributed by atoms with Crippen LogP contribution < -0.4 is 5.32 Å². The minimum absolute atomic E-state index is 0.876. The monoisotopic (exact) mass is 196 g/mol. The Balaban J connectivity index is 2.42. The third kappa shape index (κ3) is 3.52. The van der Waals surface area contributed by atoms with Crippen LogP contribution in [0.4, 0.5) is 0 Å². The lowest BCUT2D eigenvalue weighted by atomic mass is 10.3. The molecule has 3 heteroatoms. The summed E-state index contributed by atoms with van der Waals surface area (Å²) in [6.07, 6.45) is 3.01. The molecule has 1 heterocycles. The standard InChI is InChI=1S/C11H20N2O/c1-4-5-13(3)8-11-6-10(7-12-2)9-14-11/h6,9,12H,4-5,7-8H2,1-3H3. The molecule has 80 valence electrons. The third-order valence-corrected chi connectivity index (χ3v) is 2.12. The SMILES string of the molecule is CCCN(C)Cc1cc(CNC)co1. The van der Waals surface area contributed by atoms with Crippen LogP contribution in [-0.4, -0.2) is 25.5 Å². The Bertz CT molecular complexity index is 258. The maximum atomic E-state index is 5.45. The molecule has 1 N–H and O–H groups in total. The van der Waals surface area contributed by atoms with E-state index in [1.165, 1.54) is 12.0 Å². The highest BCUT2D eigenvalue weighted by Crippen LogP contribution is 2.09. The minimum Gasteiger partial charge on any atom is -0.468 e. The molecule has 0 amide bonds. The molecule has 14 heavy (non-hydrogen) atoms. The Morgan fingerprint density at radius 1 is 1.50 bits per heavy atom. The Labute approximate surface area is 86.1 Å². The lowest BCUT2D eigenvalue weighted by Gasteiger charge is -2.12. The van der Waals surface area contributed by atoms with Crippen LogP contribution in [0.3, 0.4) is 0 Å². The largest absolute Gasteiger partial charge is 0.468 e. The minimum atomic E-state index is 0.876. The van der Waals surface area contributed by atoms with Gasteiger partial charge in [-0.3, -0.25) is 4.90 Å². The highest BCUT2D eigenvalue weighted by Gasteiger charge is 2.03. The van der Waals surface area contributed by atoms with E-state index >= 15 is 0 Å². The molecule has 0 radical (unpaired) electrons. The topological polar surface area (TPSA) is 28.4 Å². The fraction of sp³-hybridized carbons (Fsp3) is 0.636. The van der Waals surface area contributed by atoms with Crippen molar-refractivity contribution in [2.24, 2.45) is 0 Å². The Morgan fingerprint density at radius 3 is 2.93 bits per heavy atom. The van der Waals surface area contributed by atoms with E-state index in [-0.39, 0.29) is 0 Å². The predicted molar refractivity (Wildman–Crippen MR) is 58.1 cm³/mol. The van der Waals surface area contributed by atoms with Crippen molar-refractivity contribution in [3.63, 3.8) is 0 Å². The lowest BCUT2D eigenvalue weighted by molar-refractivity contribution is 0.295. The highest BCUT2D eigenvalue weighted by atomic mass is 16.3. The molecule has 0 unspecified atom stereocenters. The predicted octanol–water partition coefficient (Wildman–Crippen LogP) is 1.84. The number of hydrogen-bond acceptors (Lipinski definition) is 3. The number of nitrogens with one attached hydrogen (secondary N) is 1. The van der Waals surface area contributed by atoms with Gasteiger partial charge in [-0.2, -0.15) is 0 Å². The maximum absolute atomic E-state index is 5.45. The molecule has 0 atom stereocenters. The number of nitrogens with zero attached hydrogens (tertiary/aromatic N) is 1. The molecule has 0 aliphatic rings. The first-order valence-corrected chi connectivity index (χ1v) is 5.15. The summed E-state index contributed by atoms with van der Waals surface area (Å²) in [6, 6.07) is 2.11. The number of furan rings is 1. The molecule has 0 aromatic carbocycles. The summed E-state index contributed by atoms with van der Waals surface area (Å²) in [5.74, 6) is 1.05. The normalized spacial score (nSPS) is 11.1. The van der Waals surface area contributed by atoms with E-state index in [1.54, 1.807) is 0 Å². The second kappa shape index (κ2) is 5.83. The van der Waals surface area contributed by atoms with Crippen molar-refractivity contribution < 1.29 is 4.42 Å². The summed E-state index contributed by atoms with van der Waals surface area (Å²) in [4.78, 5) is 2.27. The molecule has 3 nitrogen and oxygen atoms in total. The van der Waals surface area contributed by atoms with Gasteiger partial charge >= 0.3 is 0 Å². The van der Waals surface area contributed by atoms with Crippen LogP contribution >= 0.6 is 0 Å². The van der Waals surface area contributed by atoms with E-state index < -0.39 is 0 Å². The summed E-state index contributed by atoms with van der Waals surface area (Å²) < 4.78 is 5.45. The number of rotatable bonds is 6. The van der Waals surface area contributed by atoms with Crippen molar-refractivity contribution in [2.45, 2.75) is 26.4 Å². The Morgan fingerprint density at radius 2 is 2.29 bits per heavy atom. The quantitative estimate of drug-likeness (QED) is 0.752. The van der Waals surface area contributed by atoms with Crippen molar-refractivity contribution in [3.8, 4) is 0 Å². The average Bonchev–Trinajstić information content (AvgIpc) is 2.53. The van der Waals surface area contributed by atoms with Crippen LogP contribution in [0.5, 0.6) is 0 Å². The third-order valence-electron chi connectivity index (χ3n) is 2.12. The fourth-order valence-corrected chi connectivity index (χ4v) is 1.53. The lowest BCUT2D eigenvalue weighted by Crippen LogP contribution is -2.17. The van der Waals surface area contributed by atoms with E-state index in [0.717, 1.165) is 25.4 Å². The van der Waals surface area contributed by atoms with Gasteiger partial charge in [0.15, 0.2) is 0 Å². The van der Waals surface area contributed by atoms with Gasteiger partial charge in [-0.15, -0.1) is 0 Å². The molecule has 0 spiro atoms. The molecule has 1 aromatic heterocycles. The van der Waals surface area contributed by atoms with E-state index in [0.29, 0.717) is 0 Å². The van der Waals surface area contributed by atoms with Gasteiger partial charge in [0.1, 0.15) is 5.76 Å². The second-order valence-corrected chi connectivity index (χ2v) is 3.69. The van der Waals surface area contributed by atoms with Crippen LogP contribution in [-0.2, 0) is 13.1 Å². The van der Waals surface area contributed by atoms with Crippen molar-refractivity contribution >= 4 is 0 Å². The van der Waals surface area contributed by atoms with E-state index in [4.69, 9.17) is 4.42 Å². The zero-order valence-corrected chi connectivity index (χ0v) is 9.34.